The van der Waals surface area contributed by atoms with E-state index in [1.807, 2.05) is 12.5 Å². The minimum Gasteiger partial charge on any atom is -0.334 e. The van der Waals surface area contributed by atoms with Crippen molar-refractivity contribution in [3.05, 3.63) is 18.2 Å². The highest BCUT2D eigenvalue weighted by atomic mass is 15.2. The van der Waals surface area contributed by atoms with Gasteiger partial charge in [-0.2, -0.15) is 0 Å². The molecule has 0 amide bonds. The maximum atomic E-state index is 5.86. The van der Waals surface area contributed by atoms with Crippen LogP contribution < -0.4 is 5.73 Å². The van der Waals surface area contributed by atoms with Crippen LogP contribution in [0.4, 0.5) is 0 Å². The lowest BCUT2D eigenvalue weighted by atomic mass is 10.3. The number of nitrogens with zero attached hydrogens (tertiary/aromatic N) is 3. The zero-order valence-corrected chi connectivity index (χ0v) is 8.69. The van der Waals surface area contributed by atoms with Crippen LogP contribution in [-0.2, 0) is 13.1 Å². The van der Waals surface area contributed by atoms with E-state index in [-0.39, 0.29) is 0 Å². The number of nitrogens with two attached hydrogens (primary N) is 1. The summed E-state index contributed by atoms with van der Waals surface area (Å²) < 4.78 is 2.18. The van der Waals surface area contributed by atoms with Crippen molar-refractivity contribution in [3.63, 3.8) is 0 Å². The minimum atomic E-state index is 0.369. The predicted molar refractivity (Wildman–Crippen MR) is 55.8 cm³/mol. The Morgan fingerprint density at radius 2 is 2.50 bits per heavy atom. The first-order valence-corrected chi connectivity index (χ1v) is 5.26. The number of hydrogen-bond acceptors (Lipinski definition) is 3. The Bertz CT molecular complexity index is 294. The lowest BCUT2D eigenvalue weighted by Gasteiger charge is -2.15. The summed E-state index contributed by atoms with van der Waals surface area (Å²) in [5, 5.41) is 0. The van der Waals surface area contributed by atoms with Crippen molar-refractivity contribution in [1.29, 1.82) is 0 Å². The lowest BCUT2D eigenvalue weighted by molar-refractivity contribution is 0.317. The summed E-state index contributed by atoms with van der Waals surface area (Å²) in [7, 11) is 0. The van der Waals surface area contributed by atoms with Gasteiger partial charge in [-0.05, 0) is 13.3 Å². The standard InChI is InChI=1S/C10H18N4/c1-2-14-8-12-5-10(14)7-13-4-3-9(11)6-13/h5,8-9H,2-4,6-7,11H2,1H3/t9-/m1/s1. The highest BCUT2D eigenvalue weighted by Crippen LogP contribution is 2.11. The Hall–Kier alpha value is -0.870. The number of aryl methyl sites for hydroxylation is 1. The van der Waals surface area contributed by atoms with Crippen LogP contribution in [0.25, 0.3) is 0 Å². The largest absolute Gasteiger partial charge is 0.334 e. The van der Waals surface area contributed by atoms with Crippen LogP contribution >= 0.6 is 0 Å². The molecule has 4 nitrogen and oxygen atoms in total. The summed E-state index contributed by atoms with van der Waals surface area (Å²) >= 11 is 0. The summed E-state index contributed by atoms with van der Waals surface area (Å²) in [6.45, 7) is 6.27. The molecule has 2 rings (SSSR count). The van der Waals surface area contributed by atoms with Gasteiger partial charge in [0, 0.05) is 38.4 Å². The van der Waals surface area contributed by atoms with Crippen LogP contribution in [0.5, 0.6) is 0 Å². The molecule has 0 bridgehead atoms. The fourth-order valence-electron chi connectivity index (χ4n) is 2.00. The average Bonchev–Trinajstić information content (AvgIpc) is 2.76. The fourth-order valence-corrected chi connectivity index (χ4v) is 2.00. The van der Waals surface area contributed by atoms with Gasteiger partial charge in [0.1, 0.15) is 0 Å². The van der Waals surface area contributed by atoms with Gasteiger partial charge in [-0.15, -0.1) is 0 Å². The monoisotopic (exact) mass is 194 g/mol. The Morgan fingerprint density at radius 1 is 1.64 bits per heavy atom. The van der Waals surface area contributed by atoms with Crippen molar-refractivity contribution in [3.8, 4) is 0 Å². The second-order valence-corrected chi connectivity index (χ2v) is 3.95. The summed E-state index contributed by atoms with van der Waals surface area (Å²) in [4.78, 5) is 6.56. The average molecular weight is 194 g/mol. The first-order chi connectivity index (χ1) is 6.79. The van der Waals surface area contributed by atoms with Crippen LogP contribution in [-0.4, -0.2) is 33.6 Å². The Balaban J connectivity index is 1.97. The number of rotatable bonds is 3. The van der Waals surface area contributed by atoms with Gasteiger partial charge in [-0.25, -0.2) is 4.98 Å². The molecule has 14 heavy (non-hydrogen) atoms. The van der Waals surface area contributed by atoms with Gasteiger partial charge in [0.05, 0.1) is 12.0 Å². The van der Waals surface area contributed by atoms with E-state index in [9.17, 15) is 0 Å². The summed E-state index contributed by atoms with van der Waals surface area (Å²) in [5.41, 5.74) is 7.15. The molecule has 0 aromatic carbocycles. The summed E-state index contributed by atoms with van der Waals surface area (Å²) in [6.07, 6.45) is 4.97. The molecular weight excluding hydrogens is 176 g/mol. The molecule has 78 valence electrons. The fraction of sp³-hybridized carbons (Fsp3) is 0.700. The summed E-state index contributed by atoms with van der Waals surface area (Å²) in [6, 6.07) is 0.369. The van der Waals surface area contributed by atoms with Gasteiger partial charge >= 0.3 is 0 Å². The molecule has 0 saturated carbocycles. The third kappa shape index (κ3) is 1.96. The Labute approximate surface area is 84.7 Å². The Kier molecular flexibility index (Phi) is 2.84. The highest BCUT2D eigenvalue weighted by molar-refractivity contribution is 4.99. The van der Waals surface area contributed by atoms with Crippen molar-refractivity contribution in [2.24, 2.45) is 5.73 Å². The van der Waals surface area contributed by atoms with E-state index in [4.69, 9.17) is 5.73 Å². The second kappa shape index (κ2) is 4.11. The lowest BCUT2D eigenvalue weighted by Crippen LogP contribution is -2.26. The van der Waals surface area contributed by atoms with E-state index >= 15 is 0 Å². The van der Waals surface area contributed by atoms with Crippen LogP contribution in [0.1, 0.15) is 19.0 Å². The normalized spacial score (nSPS) is 23.1. The molecule has 0 spiro atoms. The van der Waals surface area contributed by atoms with E-state index in [2.05, 4.69) is 21.4 Å². The molecule has 2 heterocycles. The number of likely N-dealkylation sites (tertiary alicyclic amines) is 1. The van der Waals surface area contributed by atoms with Crippen LogP contribution in [0.15, 0.2) is 12.5 Å². The van der Waals surface area contributed by atoms with Crippen molar-refractivity contribution in [1.82, 2.24) is 14.5 Å². The van der Waals surface area contributed by atoms with E-state index in [0.29, 0.717) is 6.04 Å². The smallest absolute Gasteiger partial charge is 0.0948 e. The first kappa shape index (κ1) is 9.68. The molecule has 1 fully saturated rings. The molecule has 1 saturated heterocycles. The third-order valence-corrected chi connectivity index (χ3v) is 2.83. The van der Waals surface area contributed by atoms with Gasteiger partial charge in [0.15, 0.2) is 0 Å². The van der Waals surface area contributed by atoms with Gasteiger partial charge in [0.2, 0.25) is 0 Å². The Morgan fingerprint density at radius 3 is 3.14 bits per heavy atom. The molecule has 2 N–H and O–H groups in total. The molecular formula is C10H18N4. The molecule has 0 radical (unpaired) electrons. The number of aromatic nitrogens is 2. The van der Waals surface area contributed by atoms with Gasteiger partial charge in [-0.3, -0.25) is 4.90 Å². The molecule has 1 atom stereocenters. The van der Waals surface area contributed by atoms with E-state index in [1.54, 1.807) is 0 Å². The van der Waals surface area contributed by atoms with Crippen molar-refractivity contribution in [2.75, 3.05) is 13.1 Å². The maximum absolute atomic E-state index is 5.86. The SMILES string of the molecule is CCn1cncc1CN1CC[C@@H](N)C1. The molecule has 4 heteroatoms. The van der Waals surface area contributed by atoms with Gasteiger partial charge < -0.3 is 10.3 Å². The molecule has 0 aliphatic carbocycles. The second-order valence-electron chi connectivity index (χ2n) is 3.95. The highest BCUT2D eigenvalue weighted by Gasteiger charge is 2.19. The van der Waals surface area contributed by atoms with E-state index < -0.39 is 0 Å². The van der Waals surface area contributed by atoms with Crippen molar-refractivity contribution in [2.45, 2.75) is 32.5 Å². The third-order valence-electron chi connectivity index (χ3n) is 2.83. The van der Waals surface area contributed by atoms with E-state index in [0.717, 1.165) is 32.6 Å². The van der Waals surface area contributed by atoms with Gasteiger partial charge in [0.25, 0.3) is 0 Å². The quantitative estimate of drug-likeness (QED) is 0.759. The molecule has 1 aromatic heterocycles. The van der Waals surface area contributed by atoms with Crippen LogP contribution in [0, 0.1) is 0 Å². The summed E-state index contributed by atoms with van der Waals surface area (Å²) in [5.74, 6) is 0. The first-order valence-electron chi connectivity index (χ1n) is 5.26. The molecule has 1 aromatic rings. The van der Waals surface area contributed by atoms with Crippen LogP contribution in [0.3, 0.4) is 0 Å². The van der Waals surface area contributed by atoms with Crippen LogP contribution in [0.2, 0.25) is 0 Å². The minimum absolute atomic E-state index is 0.369. The van der Waals surface area contributed by atoms with E-state index in [1.165, 1.54) is 5.69 Å². The van der Waals surface area contributed by atoms with Gasteiger partial charge in [-0.1, -0.05) is 0 Å². The zero-order valence-electron chi connectivity index (χ0n) is 8.69. The molecule has 1 aliphatic rings. The number of imidazole rings is 1. The number of hydrogen-bond donors (Lipinski definition) is 1. The maximum Gasteiger partial charge on any atom is 0.0948 e. The van der Waals surface area contributed by atoms with Crippen molar-refractivity contribution >= 4 is 0 Å². The van der Waals surface area contributed by atoms with Crippen molar-refractivity contribution < 1.29 is 0 Å². The molecule has 0 unspecified atom stereocenters. The predicted octanol–water partition coefficient (Wildman–Crippen LogP) is 0.436. The topological polar surface area (TPSA) is 47.1 Å². The zero-order chi connectivity index (χ0) is 9.97. The molecule has 1 aliphatic heterocycles.